The molecule has 0 aromatic carbocycles. The highest BCUT2D eigenvalue weighted by Crippen LogP contribution is 2.59. The van der Waals surface area contributed by atoms with Crippen LogP contribution in [0.1, 0.15) is 12.8 Å². The van der Waals surface area contributed by atoms with Crippen LogP contribution in [0.25, 0.3) is 0 Å². The molecule has 3 unspecified atom stereocenters. The lowest BCUT2D eigenvalue weighted by Crippen LogP contribution is -2.55. The Morgan fingerprint density at radius 1 is 1.29 bits per heavy atom. The van der Waals surface area contributed by atoms with Gasteiger partial charge in [-0.1, -0.05) is 24.3 Å². The fourth-order valence-corrected chi connectivity index (χ4v) is 5.25. The number of carbonyl (C=O) groups excluding carboxylic acids is 1. The van der Waals surface area contributed by atoms with Gasteiger partial charge in [-0.05, 0) is 33.1 Å². The first kappa shape index (κ1) is 20.1. The number of fused-ring (bicyclic) bond motifs is 2. The molecular formula is C23H27N3O5. The van der Waals surface area contributed by atoms with Gasteiger partial charge in [-0.15, -0.1) is 0 Å². The van der Waals surface area contributed by atoms with E-state index in [1.54, 1.807) is 14.2 Å². The van der Waals surface area contributed by atoms with E-state index in [1.165, 1.54) is 0 Å². The molecule has 0 radical (unpaired) electrons. The van der Waals surface area contributed by atoms with E-state index >= 15 is 0 Å². The molecule has 1 fully saturated rings. The summed E-state index contributed by atoms with van der Waals surface area (Å²) in [5.74, 6) is 1.41. The molecule has 3 atom stereocenters. The van der Waals surface area contributed by atoms with E-state index in [-0.39, 0.29) is 31.0 Å². The highest BCUT2D eigenvalue weighted by molar-refractivity contribution is 5.97. The molecule has 0 aromatic heterocycles. The number of methoxy groups -OCH3 is 1. The Kier molecular flexibility index (Phi) is 4.79. The van der Waals surface area contributed by atoms with Crippen molar-refractivity contribution in [3.8, 4) is 0 Å². The summed E-state index contributed by atoms with van der Waals surface area (Å²) in [5, 5.41) is 1.86. The predicted octanol–water partition coefficient (Wildman–Crippen LogP) is 2.30. The van der Waals surface area contributed by atoms with Gasteiger partial charge < -0.3 is 19.1 Å². The average Bonchev–Trinajstić information content (AvgIpc) is 3.22. The summed E-state index contributed by atoms with van der Waals surface area (Å²) < 4.78 is 17.2. The van der Waals surface area contributed by atoms with Gasteiger partial charge in [0.2, 0.25) is 6.79 Å². The highest BCUT2D eigenvalue weighted by atomic mass is 16.7. The molecule has 0 saturated carbocycles. The van der Waals surface area contributed by atoms with Crippen LogP contribution < -0.4 is 0 Å². The van der Waals surface area contributed by atoms with Crippen molar-refractivity contribution in [2.45, 2.75) is 18.9 Å². The van der Waals surface area contributed by atoms with Crippen LogP contribution in [0.15, 0.2) is 63.9 Å². The number of hydrogen-bond donors (Lipinski definition) is 0. The predicted molar refractivity (Wildman–Crippen MR) is 113 cm³/mol. The smallest absolute Gasteiger partial charge is 0.260 e. The van der Waals surface area contributed by atoms with Gasteiger partial charge in [-0.2, -0.15) is 0 Å². The second kappa shape index (κ2) is 7.39. The molecule has 1 spiro atoms. The topological polar surface area (TPSA) is 72.8 Å². The third kappa shape index (κ3) is 2.81. The van der Waals surface area contributed by atoms with Crippen LogP contribution in [0, 0.1) is 11.3 Å². The first-order valence-corrected chi connectivity index (χ1v) is 10.5. The molecular weight excluding hydrogens is 398 g/mol. The lowest BCUT2D eigenvalue weighted by atomic mass is 9.59. The Bertz CT molecular complexity index is 1000. The van der Waals surface area contributed by atoms with E-state index in [9.17, 15) is 4.79 Å². The van der Waals surface area contributed by atoms with E-state index in [0.29, 0.717) is 23.8 Å². The summed E-state index contributed by atoms with van der Waals surface area (Å²) in [4.78, 5) is 26.5. The first-order chi connectivity index (χ1) is 15.0. The summed E-state index contributed by atoms with van der Waals surface area (Å²) in [6.45, 7) is 0.878. The molecule has 8 heteroatoms. The Morgan fingerprint density at radius 2 is 2.13 bits per heavy atom. The molecule has 0 N–H and O–H groups in total. The average molecular weight is 425 g/mol. The van der Waals surface area contributed by atoms with Crippen molar-refractivity contribution in [2.75, 3.05) is 41.7 Å². The fourth-order valence-electron chi connectivity index (χ4n) is 5.25. The quantitative estimate of drug-likeness (QED) is 0.669. The number of carbonyl (C=O) groups is 1. The Morgan fingerprint density at radius 3 is 2.87 bits per heavy atom. The summed E-state index contributed by atoms with van der Waals surface area (Å²) in [7, 11) is 7.27. The van der Waals surface area contributed by atoms with Crippen molar-refractivity contribution in [3.63, 3.8) is 0 Å². The lowest BCUT2D eigenvalue weighted by molar-refractivity contribution is -0.147. The zero-order valence-corrected chi connectivity index (χ0v) is 18.3. The van der Waals surface area contributed by atoms with Gasteiger partial charge in [0.25, 0.3) is 5.90 Å². The maximum absolute atomic E-state index is 13.5. The van der Waals surface area contributed by atoms with Gasteiger partial charge in [0.05, 0.1) is 37.4 Å². The van der Waals surface area contributed by atoms with Crippen molar-refractivity contribution in [2.24, 2.45) is 16.3 Å². The minimum absolute atomic E-state index is 0.114. The maximum atomic E-state index is 13.5. The van der Waals surface area contributed by atoms with Crippen LogP contribution in [0.3, 0.4) is 0 Å². The number of allylic oxidation sites excluding steroid dienone is 3. The van der Waals surface area contributed by atoms with E-state index in [4.69, 9.17) is 24.0 Å². The number of ether oxygens (including phenoxy) is 3. The molecule has 1 saturated heterocycles. The normalized spacial score (nSPS) is 30.9. The SMILES string of the molecule is COC1=C2N(OC)C3C=CC=CC3=C3N=C4OCOC4=CC32C(CCN(C)C)C(=O)C1. The molecule has 3 heterocycles. The maximum Gasteiger partial charge on any atom is 0.260 e. The summed E-state index contributed by atoms with van der Waals surface area (Å²) in [6.07, 6.45) is 11.0. The van der Waals surface area contributed by atoms with E-state index < -0.39 is 5.41 Å². The Labute approximate surface area is 181 Å². The number of nitrogens with zero attached hydrogens (tertiary/aromatic N) is 3. The number of rotatable bonds is 5. The molecule has 5 aliphatic rings. The van der Waals surface area contributed by atoms with Crippen molar-refractivity contribution >= 4 is 11.7 Å². The minimum atomic E-state index is -0.861. The number of Topliss-reactive ketones (excluding diaryl/α,β-unsaturated/α-hetero) is 1. The number of hydroxylamine groups is 2. The summed E-state index contributed by atoms with van der Waals surface area (Å²) in [6, 6.07) is -0.178. The monoisotopic (exact) mass is 425 g/mol. The number of ketones is 1. The van der Waals surface area contributed by atoms with Crippen LogP contribution in [-0.4, -0.2) is 69.3 Å². The largest absolute Gasteiger partial charge is 0.499 e. The molecule has 0 bridgehead atoms. The standard InChI is InChI=1S/C23H27N3O5/c1-25(2)10-9-15-17(27)11-18(28-3)21-23(15)12-19-22(31-13-30-19)24-20(23)14-7-5-6-8-16(14)26(21)29-4/h5-8,12,15-16H,9-11,13H2,1-4H3. The third-order valence-electron chi connectivity index (χ3n) is 6.57. The van der Waals surface area contributed by atoms with Crippen molar-refractivity contribution in [1.82, 2.24) is 9.96 Å². The second-order valence-corrected chi connectivity index (χ2v) is 8.47. The van der Waals surface area contributed by atoms with Crippen LogP contribution in [0.4, 0.5) is 0 Å². The van der Waals surface area contributed by atoms with Gasteiger partial charge in [-0.3, -0.25) is 9.63 Å². The number of aliphatic imine (C=N–C) groups is 1. The van der Waals surface area contributed by atoms with Gasteiger partial charge in [0, 0.05) is 11.5 Å². The van der Waals surface area contributed by atoms with Crippen molar-refractivity contribution < 1.29 is 23.8 Å². The molecule has 164 valence electrons. The molecule has 0 aromatic rings. The lowest BCUT2D eigenvalue weighted by Gasteiger charge is -2.53. The van der Waals surface area contributed by atoms with E-state index in [2.05, 4.69) is 11.0 Å². The van der Waals surface area contributed by atoms with Crippen LogP contribution in [0.2, 0.25) is 0 Å². The zero-order chi connectivity index (χ0) is 21.8. The molecule has 2 aliphatic carbocycles. The summed E-state index contributed by atoms with van der Waals surface area (Å²) in [5.41, 5.74) is 1.74. The van der Waals surface area contributed by atoms with Crippen molar-refractivity contribution in [3.05, 3.63) is 58.9 Å². The molecule has 0 amide bonds. The van der Waals surface area contributed by atoms with E-state index in [0.717, 1.165) is 23.5 Å². The summed E-state index contributed by atoms with van der Waals surface area (Å²) >= 11 is 0. The zero-order valence-electron chi connectivity index (χ0n) is 18.3. The minimum Gasteiger partial charge on any atom is -0.499 e. The molecule has 31 heavy (non-hydrogen) atoms. The van der Waals surface area contributed by atoms with Crippen LogP contribution >= 0.6 is 0 Å². The Hall–Kier alpha value is -2.84. The molecule has 8 nitrogen and oxygen atoms in total. The molecule has 5 rings (SSSR count). The van der Waals surface area contributed by atoms with Crippen LogP contribution in [0.5, 0.6) is 0 Å². The van der Waals surface area contributed by atoms with E-state index in [1.807, 2.05) is 43.5 Å². The first-order valence-electron chi connectivity index (χ1n) is 10.5. The van der Waals surface area contributed by atoms with Gasteiger partial charge in [0.1, 0.15) is 17.6 Å². The van der Waals surface area contributed by atoms with Crippen molar-refractivity contribution in [1.29, 1.82) is 0 Å². The third-order valence-corrected chi connectivity index (χ3v) is 6.57. The van der Waals surface area contributed by atoms with Gasteiger partial charge >= 0.3 is 0 Å². The van der Waals surface area contributed by atoms with Gasteiger partial charge in [0.15, 0.2) is 5.76 Å². The Balaban J connectivity index is 1.83. The van der Waals surface area contributed by atoms with Crippen LogP contribution in [-0.2, 0) is 23.8 Å². The number of hydrogen-bond acceptors (Lipinski definition) is 8. The highest BCUT2D eigenvalue weighted by Gasteiger charge is 2.60. The fraction of sp³-hybridized carbons (Fsp3) is 0.478. The number of dihydropyridines is 1. The second-order valence-electron chi connectivity index (χ2n) is 8.47. The van der Waals surface area contributed by atoms with Gasteiger partial charge in [-0.25, -0.2) is 10.1 Å². The molecule has 3 aliphatic heterocycles.